The van der Waals surface area contributed by atoms with E-state index in [1.165, 1.54) is 0 Å². The van der Waals surface area contributed by atoms with E-state index in [-0.39, 0.29) is 60.1 Å². The van der Waals surface area contributed by atoms with Crippen molar-refractivity contribution < 1.29 is 48.2 Å². The van der Waals surface area contributed by atoms with Gasteiger partial charge in [0.05, 0.1) is 50.6 Å². The van der Waals surface area contributed by atoms with Crippen molar-refractivity contribution in [1.82, 2.24) is 9.80 Å². The summed E-state index contributed by atoms with van der Waals surface area (Å²) in [7, 11) is 0. The molecule has 6 aliphatic heterocycles. The van der Waals surface area contributed by atoms with Gasteiger partial charge in [-0.2, -0.15) is 0 Å². The molecule has 12 nitrogen and oxygen atoms in total. The lowest BCUT2D eigenvalue weighted by atomic mass is 9.84. The average molecular weight is 723 g/mol. The van der Waals surface area contributed by atoms with E-state index in [0.717, 1.165) is 11.1 Å². The quantitative estimate of drug-likeness (QED) is 0.352. The van der Waals surface area contributed by atoms with Crippen LogP contribution in [0.1, 0.15) is 64.5 Å². The molecule has 284 valence electrons. The topological polar surface area (TPSA) is 136 Å². The van der Waals surface area contributed by atoms with E-state index >= 15 is 0 Å². The van der Waals surface area contributed by atoms with Gasteiger partial charge >= 0.3 is 0 Å². The third-order valence-corrected chi connectivity index (χ3v) is 11.3. The molecule has 10 atom stereocenters. The molecule has 6 saturated heterocycles. The number of amides is 2. The predicted octanol–water partition coefficient (Wildman–Crippen LogP) is 3.41. The Morgan fingerprint density at radius 1 is 0.635 bits per heavy atom. The number of hydrogen-bond donors (Lipinski definition) is 2. The molecule has 6 aliphatic rings. The van der Waals surface area contributed by atoms with Crippen LogP contribution in [0.4, 0.5) is 0 Å². The van der Waals surface area contributed by atoms with Gasteiger partial charge in [0, 0.05) is 26.1 Å². The highest BCUT2D eigenvalue weighted by molar-refractivity contribution is 5.79. The molecule has 6 fully saturated rings. The zero-order valence-electron chi connectivity index (χ0n) is 30.7. The summed E-state index contributed by atoms with van der Waals surface area (Å²) in [5.41, 5.74) is 2.24. The Hall–Kier alpha value is -2.94. The number of benzene rings is 2. The minimum Gasteiger partial charge on any atom is -0.391 e. The molecule has 2 unspecified atom stereocenters. The van der Waals surface area contributed by atoms with Crippen molar-refractivity contribution in [2.45, 2.75) is 127 Å². The summed E-state index contributed by atoms with van der Waals surface area (Å²) >= 11 is 0. The smallest absolute Gasteiger partial charge is 0.223 e. The summed E-state index contributed by atoms with van der Waals surface area (Å²) in [5, 5.41) is 21.8. The lowest BCUT2D eigenvalue weighted by molar-refractivity contribution is -0.181. The number of carbonyl (C=O) groups excluding carboxylic acids is 2. The fourth-order valence-corrected chi connectivity index (χ4v) is 8.89. The SMILES string of the molecule is CC1(C)OC2CN3C(=O)C[C@@H](CCOCc4ccccc4)[C@@H](O)[C@@H]3[C@@H]2O1.CC1(C)OC2CN3C(=O)C[C@@H](CCOCc4ccccc4)[C@H](O)[C@H]3[C@@H]2O1. The van der Waals surface area contributed by atoms with Crippen molar-refractivity contribution in [2.75, 3.05) is 26.3 Å². The Balaban J connectivity index is 0.000000162. The van der Waals surface area contributed by atoms with Gasteiger partial charge in [-0.15, -0.1) is 0 Å². The summed E-state index contributed by atoms with van der Waals surface area (Å²) in [4.78, 5) is 28.6. The number of hydrogen-bond acceptors (Lipinski definition) is 10. The van der Waals surface area contributed by atoms with E-state index in [1.807, 2.05) is 88.4 Å². The minimum absolute atomic E-state index is 0.0766. The van der Waals surface area contributed by atoms with Gasteiger partial charge in [-0.25, -0.2) is 0 Å². The van der Waals surface area contributed by atoms with Gasteiger partial charge in [0.15, 0.2) is 11.6 Å². The van der Waals surface area contributed by atoms with E-state index in [0.29, 0.717) is 65.2 Å². The summed E-state index contributed by atoms with van der Waals surface area (Å²) in [6.07, 6.45) is 0.000318. The fourth-order valence-electron chi connectivity index (χ4n) is 8.89. The van der Waals surface area contributed by atoms with Crippen molar-refractivity contribution in [3.8, 4) is 0 Å². The zero-order valence-corrected chi connectivity index (χ0v) is 30.7. The molecule has 0 saturated carbocycles. The molecule has 8 rings (SSSR count). The van der Waals surface area contributed by atoms with E-state index in [2.05, 4.69) is 0 Å². The molecule has 0 radical (unpaired) electrons. The first-order chi connectivity index (χ1) is 24.9. The number of aliphatic hydroxyl groups excluding tert-OH is 2. The predicted molar refractivity (Wildman–Crippen MR) is 188 cm³/mol. The van der Waals surface area contributed by atoms with Crippen molar-refractivity contribution in [3.63, 3.8) is 0 Å². The molecule has 2 aromatic carbocycles. The molecule has 0 aliphatic carbocycles. The molecular weight excluding hydrogens is 668 g/mol. The van der Waals surface area contributed by atoms with E-state index < -0.39 is 23.8 Å². The third kappa shape index (κ3) is 8.09. The summed E-state index contributed by atoms with van der Waals surface area (Å²) < 4.78 is 35.2. The van der Waals surface area contributed by atoms with Gasteiger partial charge < -0.3 is 48.4 Å². The number of rotatable bonds is 10. The summed E-state index contributed by atoms with van der Waals surface area (Å²) in [6.45, 7) is 10.7. The molecule has 0 spiro atoms. The largest absolute Gasteiger partial charge is 0.391 e. The Labute approximate surface area is 306 Å². The maximum absolute atomic E-state index is 12.5. The van der Waals surface area contributed by atoms with Crippen molar-refractivity contribution in [1.29, 1.82) is 0 Å². The molecule has 2 aromatic rings. The Bertz CT molecular complexity index is 1410. The van der Waals surface area contributed by atoms with Crippen LogP contribution >= 0.6 is 0 Å². The van der Waals surface area contributed by atoms with Gasteiger partial charge in [0.25, 0.3) is 0 Å². The Kier molecular flexibility index (Phi) is 11.1. The first-order valence-electron chi connectivity index (χ1n) is 18.8. The van der Waals surface area contributed by atoms with Crippen molar-refractivity contribution in [2.24, 2.45) is 11.8 Å². The first-order valence-corrected chi connectivity index (χ1v) is 18.8. The molecule has 0 aromatic heterocycles. The van der Waals surface area contributed by atoms with Crippen LogP contribution in [-0.4, -0.2) is 118 Å². The molecule has 6 heterocycles. The number of carbonyl (C=O) groups is 2. The monoisotopic (exact) mass is 722 g/mol. The van der Waals surface area contributed by atoms with Crippen molar-refractivity contribution in [3.05, 3.63) is 71.8 Å². The zero-order chi connectivity index (χ0) is 36.6. The third-order valence-electron chi connectivity index (χ3n) is 11.3. The molecule has 2 N–H and O–H groups in total. The van der Waals surface area contributed by atoms with Crippen LogP contribution in [0.3, 0.4) is 0 Å². The van der Waals surface area contributed by atoms with Crippen LogP contribution < -0.4 is 0 Å². The van der Waals surface area contributed by atoms with Crippen LogP contribution in [0.25, 0.3) is 0 Å². The van der Waals surface area contributed by atoms with Crippen LogP contribution in [0.2, 0.25) is 0 Å². The number of aliphatic hydroxyl groups is 2. The summed E-state index contributed by atoms with van der Waals surface area (Å²) in [6, 6.07) is 19.3. The van der Waals surface area contributed by atoms with Crippen LogP contribution in [0.5, 0.6) is 0 Å². The second kappa shape index (κ2) is 15.4. The lowest BCUT2D eigenvalue weighted by Crippen LogP contribution is -2.56. The van der Waals surface area contributed by atoms with Gasteiger partial charge in [-0.3, -0.25) is 9.59 Å². The Morgan fingerprint density at radius 2 is 1.02 bits per heavy atom. The van der Waals surface area contributed by atoms with E-state index in [4.69, 9.17) is 28.4 Å². The maximum Gasteiger partial charge on any atom is 0.223 e. The van der Waals surface area contributed by atoms with Crippen LogP contribution in [0, 0.1) is 11.8 Å². The first kappa shape index (κ1) is 37.4. The van der Waals surface area contributed by atoms with Gasteiger partial charge in [-0.1, -0.05) is 60.7 Å². The van der Waals surface area contributed by atoms with E-state index in [9.17, 15) is 19.8 Å². The highest BCUT2D eigenvalue weighted by Gasteiger charge is 2.60. The number of nitrogens with zero attached hydrogens (tertiary/aromatic N) is 2. The number of piperidine rings is 2. The van der Waals surface area contributed by atoms with Crippen molar-refractivity contribution >= 4 is 11.8 Å². The highest BCUT2D eigenvalue weighted by Crippen LogP contribution is 2.44. The molecule has 12 heteroatoms. The van der Waals surface area contributed by atoms with E-state index in [1.54, 1.807) is 9.80 Å². The minimum atomic E-state index is -0.657. The number of fused-ring (bicyclic) bond motifs is 6. The highest BCUT2D eigenvalue weighted by atomic mass is 16.8. The van der Waals surface area contributed by atoms with Crippen LogP contribution in [-0.2, 0) is 51.2 Å². The fraction of sp³-hybridized carbons (Fsp3) is 0.650. The standard InChI is InChI=1S/2C20H27NO5/c2*1-20(2)25-15-11-21-16(22)10-14(18(23)17(21)19(15)26-20)8-9-24-12-13-6-4-3-5-7-13/h2*3-7,14-15,17-19,23H,8-12H2,1-2H3/t14-,15?,17+,18+,19-;14-,15?,17-,18-,19-/m11/s1. The maximum atomic E-state index is 12.5. The normalized spacial score (nSPS) is 35.4. The van der Waals surface area contributed by atoms with Crippen LogP contribution in [0.15, 0.2) is 60.7 Å². The summed E-state index contributed by atoms with van der Waals surface area (Å²) in [5.74, 6) is -1.37. The second-order valence-corrected chi connectivity index (χ2v) is 15.9. The van der Waals surface area contributed by atoms with Gasteiger partial charge in [-0.05, 0) is 63.5 Å². The molecular formula is C40H54N2O10. The average Bonchev–Trinajstić information content (AvgIpc) is 3.81. The molecule has 2 amide bonds. The molecule has 0 bridgehead atoms. The number of ether oxygens (including phenoxy) is 6. The molecule has 52 heavy (non-hydrogen) atoms. The van der Waals surface area contributed by atoms with Gasteiger partial charge in [0.1, 0.15) is 24.4 Å². The lowest BCUT2D eigenvalue weighted by Gasteiger charge is -2.41. The second-order valence-electron chi connectivity index (χ2n) is 15.9. The van der Waals surface area contributed by atoms with Gasteiger partial charge in [0.2, 0.25) is 11.8 Å². The Morgan fingerprint density at radius 3 is 1.40 bits per heavy atom.